The van der Waals surface area contributed by atoms with Crippen molar-refractivity contribution in [3.8, 4) is 11.3 Å². The summed E-state index contributed by atoms with van der Waals surface area (Å²) in [7, 11) is 0. The lowest BCUT2D eigenvalue weighted by Gasteiger charge is -2.04. The van der Waals surface area contributed by atoms with E-state index in [4.69, 9.17) is 46.3 Å². The van der Waals surface area contributed by atoms with Gasteiger partial charge in [-0.15, -0.1) is 5.10 Å². The summed E-state index contributed by atoms with van der Waals surface area (Å²) in [4.78, 5) is 15.5. The van der Waals surface area contributed by atoms with Crippen LogP contribution in [0.4, 0.5) is 5.69 Å². The molecule has 0 radical (unpaired) electrons. The predicted octanol–water partition coefficient (Wildman–Crippen LogP) is 3.54. The molecule has 3 rings (SSSR count). The highest BCUT2D eigenvalue weighted by molar-refractivity contribution is 7.20. The number of hydrogen-bond donors (Lipinski definition) is 2. The van der Waals surface area contributed by atoms with Gasteiger partial charge in [-0.2, -0.15) is 5.10 Å². The molecule has 2 aromatic heterocycles. The van der Waals surface area contributed by atoms with E-state index in [1.807, 2.05) is 0 Å². The summed E-state index contributed by atoms with van der Waals surface area (Å²) >= 11 is 19.3. The highest BCUT2D eigenvalue weighted by Crippen LogP contribution is 2.38. The average Bonchev–Trinajstić information content (AvgIpc) is 3.04. The molecule has 0 saturated carbocycles. The van der Waals surface area contributed by atoms with Crippen LogP contribution in [0.25, 0.3) is 16.2 Å². The third-order valence-corrected chi connectivity index (χ3v) is 4.89. The minimum absolute atomic E-state index is 0.0801. The van der Waals surface area contributed by atoms with Crippen LogP contribution in [-0.4, -0.2) is 26.5 Å². The van der Waals surface area contributed by atoms with E-state index in [0.29, 0.717) is 26.2 Å². The maximum atomic E-state index is 11.2. The van der Waals surface area contributed by atoms with Crippen molar-refractivity contribution in [1.29, 1.82) is 0 Å². The summed E-state index contributed by atoms with van der Waals surface area (Å²) in [6.45, 7) is 0. The lowest BCUT2D eigenvalue weighted by Crippen LogP contribution is -2.21. The van der Waals surface area contributed by atoms with E-state index >= 15 is 0 Å². The number of nitrogens with zero attached hydrogens (tertiary/aromatic N) is 5. The highest BCUT2D eigenvalue weighted by Gasteiger charge is 2.22. The van der Waals surface area contributed by atoms with Crippen molar-refractivity contribution in [3.63, 3.8) is 0 Å². The van der Waals surface area contributed by atoms with Gasteiger partial charge in [-0.1, -0.05) is 46.1 Å². The molecule has 26 heavy (non-hydrogen) atoms. The zero-order chi connectivity index (χ0) is 19.0. The number of thiazole rings is 1. The molecule has 134 valence electrons. The predicted molar refractivity (Wildman–Crippen MR) is 104 cm³/mol. The maximum Gasteiger partial charge on any atom is 0.288 e. The van der Waals surface area contributed by atoms with Crippen LogP contribution in [0.3, 0.4) is 0 Å². The van der Waals surface area contributed by atoms with Crippen molar-refractivity contribution in [2.75, 3.05) is 0 Å². The van der Waals surface area contributed by atoms with E-state index in [1.165, 1.54) is 29.7 Å². The fraction of sp³-hybridized carbons (Fsp3) is 0. The van der Waals surface area contributed by atoms with E-state index < -0.39 is 4.92 Å². The highest BCUT2D eigenvalue weighted by atomic mass is 35.5. The van der Waals surface area contributed by atoms with Crippen LogP contribution in [0.15, 0.2) is 28.5 Å². The molecule has 4 N–H and O–H groups in total. The minimum Gasteiger partial charge on any atom is -0.369 e. The molecule has 3 aromatic rings. The molecule has 13 heteroatoms. The van der Waals surface area contributed by atoms with Gasteiger partial charge in [0.15, 0.2) is 4.96 Å². The van der Waals surface area contributed by atoms with Gasteiger partial charge in [0.25, 0.3) is 5.69 Å². The number of rotatable bonds is 4. The fourth-order valence-corrected chi connectivity index (χ4v) is 3.73. The van der Waals surface area contributed by atoms with Gasteiger partial charge in [-0.25, -0.2) is 4.98 Å². The van der Waals surface area contributed by atoms with Crippen LogP contribution in [0.1, 0.15) is 5.69 Å². The molecule has 0 unspecified atom stereocenters. The summed E-state index contributed by atoms with van der Waals surface area (Å²) in [5.41, 5.74) is 11.3. The number of nitro groups is 1. The molecule has 0 aliphatic carbocycles. The van der Waals surface area contributed by atoms with Crippen molar-refractivity contribution in [2.24, 2.45) is 21.7 Å². The molecule has 0 atom stereocenters. The van der Waals surface area contributed by atoms with Crippen LogP contribution in [0, 0.1) is 10.1 Å². The molecule has 0 spiro atoms. The van der Waals surface area contributed by atoms with E-state index in [2.05, 4.69) is 15.2 Å². The zero-order valence-electron chi connectivity index (χ0n) is 12.6. The van der Waals surface area contributed by atoms with Gasteiger partial charge in [0.1, 0.15) is 15.1 Å². The fourth-order valence-electron chi connectivity index (χ4n) is 2.17. The third-order valence-electron chi connectivity index (χ3n) is 3.18. The van der Waals surface area contributed by atoms with E-state index in [1.54, 1.807) is 10.6 Å². The summed E-state index contributed by atoms with van der Waals surface area (Å²) < 4.78 is 2.13. The van der Waals surface area contributed by atoms with E-state index in [-0.39, 0.29) is 21.7 Å². The molecule has 2 heterocycles. The third kappa shape index (κ3) is 3.44. The van der Waals surface area contributed by atoms with Gasteiger partial charge in [0, 0.05) is 17.8 Å². The summed E-state index contributed by atoms with van der Waals surface area (Å²) in [6.07, 6.45) is 2.96. The molecule has 0 fully saturated rings. The molecule has 0 aliphatic rings. The molecule has 1 aromatic carbocycles. The lowest BCUT2D eigenvalue weighted by molar-refractivity contribution is -0.384. The Morgan fingerprint density at radius 3 is 2.69 bits per heavy atom. The molecular weight excluding hydrogens is 425 g/mol. The number of nitro benzene ring substituents is 1. The Labute approximate surface area is 164 Å². The van der Waals surface area contributed by atoms with Crippen LogP contribution in [0.5, 0.6) is 0 Å². The smallest absolute Gasteiger partial charge is 0.288 e. The first kappa shape index (κ1) is 18.4. The maximum absolute atomic E-state index is 11.2. The Hall–Kier alpha value is -2.40. The molecule has 0 saturated heterocycles. The van der Waals surface area contributed by atoms with Crippen molar-refractivity contribution < 1.29 is 4.92 Å². The number of halogens is 3. The molecular formula is C13H8Cl3N7O2S. The van der Waals surface area contributed by atoms with E-state index in [9.17, 15) is 10.1 Å². The summed E-state index contributed by atoms with van der Waals surface area (Å²) in [6, 6.07) is 2.53. The van der Waals surface area contributed by atoms with Crippen LogP contribution >= 0.6 is 46.1 Å². The Morgan fingerprint density at radius 1 is 1.31 bits per heavy atom. The first-order valence-electron chi connectivity index (χ1n) is 6.71. The Kier molecular flexibility index (Phi) is 5.01. The topological polar surface area (TPSA) is 137 Å². The molecule has 9 nitrogen and oxygen atoms in total. The van der Waals surface area contributed by atoms with E-state index in [0.717, 1.165) is 0 Å². The zero-order valence-corrected chi connectivity index (χ0v) is 15.6. The van der Waals surface area contributed by atoms with Gasteiger partial charge < -0.3 is 11.5 Å². The molecule has 0 aliphatic heterocycles. The first-order valence-corrected chi connectivity index (χ1v) is 8.66. The van der Waals surface area contributed by atoms with Gasteiger partial charge >= 0.3 is 0 Å². The van der Waals surface area contributed by atoms with Crippen molar-refractivity contribution >= 4 is 69.0 Å². The number of hydrogen-bond acceptors (Lipinski definition) is 6. The Morgan fingerprint density at radius 2 is 2.04 bits per heavy atom. The number of aromatic nitrogens is 2. The lowest BCUT2D eigenvalue weighted by atomic mass is 10.1. The van der Waals surface area contributed by atoms with Crippen molar-refractivity contribution in [1.82, 2.24) is 9.38 Å². The Balaban J connectivity index is 2.26. The Bertz CT molecular complexity index is 1090. The minimum atomic E-state index is -0.607. The van der Waals surface area contributed by atoms with Crippen LogP contribution in [0.2, 0.25) is 14.4 Å². The standard InChI is InChI=1S/C13H8Cl3N7O2S/c14-6-2-7(15)8(23(24)25)1-5(6)11-9(3-19-21-12(17)18)22-4-10(16)26-13(22)20-11/h1-4H,(H4,17,18,21)/b19-3+. The van der Waals surface area contributed by atoms with Crippen molar-refractivity contribution in [2.45, 2.75) is 0 Å². The van der Waals surface area contributed by atoms with Gasteiger partial charge in [0.2, 0.25) is 5.96 Å². The van der Waals surface area contributed by atoms with Crippen molar-refractivity contribution in [3.05, 3.63) is 48.5 Å². The second-order valence-corrected chi connectivity index (χ2v) is 7.30. The summed E-state index contributed by atoms with van der Waals surface area (Å²) in [5.74, 6) is -0.230. The first-order chi connectivity index (χ1) is 12.3. The monoisotopic (exact) mass is 431 g/mol. The largest absolute Gasteiger partial charge is 0.369 e. The normalized spacial score (nSPS) is 11.3. The number of nitrogens with two attached hydrogens (primary N) is 2. The van der Waals surface area contributed by atoms with Gasteiger partial charge in [-0.05, 0) is 6.07 Å². The van der Waals surface area contributed by atoms with Gasteiger partial charge in [0.05, 0.1) is 21.9 Å². The number of guanidine groups is 1. The second-order valence-electron chi connectivity index (χ2n) is 4.84. The number of imidazole rings is 1. The second kappa shape index (κ2) is 7.08. The quantitative estimate of drug-likeness (QED) is 0.281. The van der Waals surface area contributed by atoms with Crippen LogP contribution in [-0.2, 0) is 0 Å². The molecule has 0 bridgehead atoms. The van der Waals surface area contributed by atoms with Crippen LogP contribution < -0.4 is 11.5 Å². The SMILES string of the molecule is NC(N)=N/N=C/c1c(-c2cc([N+](=O)[O-])c(Cl)cc2Cl)nc2sc(Cl)cn12. The number of fused-ring (bicyclic) bond motifs is 1. The molecule has 0 amide bonds. The van der Waals surface area contributed by atoms with Gasteiger partial charge in [-0.3, -0.25) is 14.5 Å². The number of benzene rings is 1. The summed E-state index contributed by atoms with van der Waals surface area (Å²) in [5, 5.41) is 18.6. The average molecular weight is 433 g/mol.